The maximum Gasteiger partial charge on any atom is 0.259 e. The van der Waals surface area contributed by atoms with Crippen LogP contribution in [0.4, 0.5) is 5.69 Å². The molecule has 0 aliphatic heterocycles. The number of carbonyl (C=O) groups is 1. The van der Waals surface area contributed by atoms with Crippen LogP contribution in [-0.4, -0.2) is 51.5 Å². The van der Waals surface area contributed by atoms with Crippen LogP contribution < -0.4 is 10.1 Å². The molecule has 2 rings (SSSR count). The van der Waals surface area contributed by atoms with Crippen LogP contribution >= 0.6 is 0 Å². The van der Waals surface area contributed by atoms with E-state index in [1.54, 1.807) is 36.4 Å². The minimum Gasteiger partial charge on any atom is -0.490 e. The van der Waals surface area contributed by atoms with Gasteiger partial charge in [0.2, 0.25) is 10.0 Å². The van der Waals surface area contributed by atoms with Gasteiger partial charge in [0, 0.05) is 25.4 Å². The SMILES string of the molecule is C=CCN(CC=C)S(=O)(=O)c1ccc(NC(=O)c2ccccc2OCCOCC)cc1. The van der Waals surface area contributed by atoms with Crippen molar-refractivity contribution in [3.05, 3.63) is 79.4 Å². The van der Waals surface area contributed by atoms with E-state index in [4.69, 9.17) is 9.47 Å². The van der Waals surface area contributed by atoms with Crippen molar-refractivity contribution >= 4 is 21.6 Å². The average molecular weight is 445 g/mol. The molecule has 0 aliphatic rings. The van der Waals surface area contributed by atoms with Crippen LogP contribution in [0.1, 0.15) is 17.3 Å². The number of nitrogens with zero attached hydrogens (tertiary/aromatic N) is 1. The quantitative estimate of drug-likeness (QED) is 0.376. The van der Waals surface area contributed by atoms with Gasteiger partial charge in [0.15, 0.2) is 0 Å². The van der Waals surface area contributed by atoms with Crippen LogP contribution in [0.25, 0.3) is 0 Å². The highest BCUT2D eigenvalue weighted by atomic mass is 32.2. The Morgan fingerprint density at radius 2 is 1.68 bits per heavy atom. The summed E-state index contributed by atoms with van der Waals surface area (Å²) in [7, 11) is -3.70. The topological polar surface area (TPSA) is 84.9 Å². The van der Waals surface area contributed by atoms with Gasteiger partial charge in [-0.15, -0.1) is 13.2 Å². The summed E-state index contributed by atoms with van der Waals surface area (Å²) < 4.78 is 37.7. The first kappa shape index (κ1) is 24.3. The Balaban J connectivity index is 2.12. The molecule has 0 saturated heterocycles. The first-order valence-corrected chi connectivity index (χ1v) is 11.3. The van der Waals surface area contributed by atoms with Crippen LogP contribution in [0.15, 0.2) is 78.7 Å². The molecule has 8 heteroatoms. The van der Waals surface area contributed by atoms with Gasteiger partial charge in [-0.3, -0.25) is 4.79 Å². The molecule has 1 N–H and O–H groups in total. The Labute approximate surface area is 184 Å². The number of nitrogens with one attached hydrogen (secondary N) is 1. The first-order valence-electron chi connectivity index (χ1n) is 9.87. The van der Waals surface area contributed by atoms with E-state index in [2.05, 4.69) is 18.5 Å². The van der Waals surface area contributed by atoms with E-state index in [1.807, 2.05) is 6.92 Å². The molecular weight excluding hydrogens is 416 g/mol. The number of anilines is 1. The molecule has 0 heterocycles. The van der Waals surface area contributed by atoms with Crippen molar-refractivity contribution in [2.45, 2.75) is 11.8 Å². The van der Waals surface area contributed by atoms with E-state index < -0.39 is 10.0 Å². The minimum atomic E-state index is -3.70. The lowest BCUT2D eigenvalue weighted by atomic mass is 10.2. The maximum absolute atomic E-state index is 12.8. The number of ether oxygens (including phenoxy) is 2. The molecular formula is C23H28N2O5S. The smallest absolute Gasteiger partial charge is 0.259 e. The largest absolute Gasteiger partial charge is 0.490 e. The van der Waals surface area contributed by atoms with E-state index >= 15 is 0 Å². The number of hydrogen-bond acceptors (Lipinski definition) is 5. The summed E-state index contributed by atoms with van der Waals surface area (Å²) >= 11 is 0. The number of para-hydroxylation sites is 1. The second-order valence-corrected chi connectivity index (χ2v) is 8.36. The van der Waals surface area contributed by atoms with Crippen LogP contribution in [0.2, 0.25) is 0 Å². The standard InChI is InChI=1S/C23H28N2O5S/c1-4-15-25(16-5-2)31(27,28)20-13-11-19(12-14-20)24-23(26)21-9-7-8-10-22(21)30-18-17-29-6-3/h4-5,7-14H,1-2,6,15-18H2,3H3,(H,24,26). The van der Waals surface area contributed by atoms with E-state index in [1.165, 1.54) is 28.6 Å². The van der Waals surface area contributed by atoms with Crippen molar-refractivity contribution < 1.29 is 22.7 Å². The average Bonchev–Trinajstić information content (AvgIpc) is 2.77. The van der Waals surface area contributed by atoms with Gasteiger partial charge >= 0.3 is 0 Å². The highest BCUT2D eigenvalue weighted by molar-refractivity contribution is 7.89. The van der Waals surface area contributed by atoms with Gasteiger partial charge in [-0.05, 0) is 43.3 Å². The Hall–Kier alpha value is -2.94. The lowest BCUT2D eigenvalue weighted by Crippen LogP contribution is -2.31. The van der Waals surface area contributed by atoms with Gasteiger partial charge in [0.25, 0.3) is 5.91 Å². The molecule has 0 atom stereocenters. The van der Waals surface area contributed by atoms with E-state index in [9.17, 15) is 13.2 Å². The van der Waals surface area contributed by atoms with Crippen LogP contribution in [0.5, 0.6) is 5.75 Å². The minimum absolute atomic E-state index is 0.119. The van der Waals surface area contributed by atoms with Crippen molar-refractivity contribution in [3.8, 4) is 5.75 Å². The molecule has 2 aromatic rings. The van der Waals surface area contributed by atoms with Crippen LogP contribution in [0, 0.1) is 0 Å². The van der Waals surface area contributed by atoms with Gasteiger partial charge in [-0.25, -0.2) is 8.42 Å². The van der Waals surface area contributed by atoms with Crippen molar-refractivity contribution in [1.29, 1.82) is 0 Å². The Bertz CT molecular complexity index is 977. The monoisotopic (exact) mass is 444 g/mol. The normalized spacial score (nSPS) is 11.2. The Morgan fingerprint density at radius 3 is 2.29 bits per heavy atom. The van der Waals surface area contributed by atoms with Gasteiger partial charge in [0.05, 0.1) is 17.1 Å². The third-order valence-electron chi connectivity index (χ3n) is 4.24. The predicted molar refractivity (Wildman–Crippen MR) is 122 cm³/mol. The van der Waals surface area contributed by atoms with E-state index in [0.717, 1.165) is 0 Å². The molecule has 1 amide bonds. The van der Waals surface area contributed by atoms with Gasteiger partial charge < -0.3 is 14.8 Å². The zero-order valence-electron chi connectivity index (χ0n) is 17.6. The molecule has 7 nitrogen and oxygen atoms in total. The van der Waals surface area contributed by atoms with E-state index in [-0.39, 0.29) is 23.9 Å². The van der Waals surface area contributed by atoms with Crippen molar-refractivity contribution in [2.75, 3.05) is 38.2 Å². The van der Waals surface area contributed by atoms with Crippen molar-refractivity contribution in [2.24, 2.45) is 0 Å². The summed E-state index contributed by atoms with van der Waals surface area (Å²) in [6.07, 6.45) is 3.03. The van der Waals surface area contributed by atoms with Gasteiger partial charge in [-0.2, -0.15) is 4.31 Å². The molecule has 0 radical (unpaired) electrons. The third kappa shape index (κ3) is 6.78. The fraction of sp³-hybridized carbons (Fsp3) is 0.261. The summed E-state index contributed by atoms with van der Waals surface area (Å²) in [4.78, 5) is 12.8. The molecule has 0 spiro atoms. The molecule has 0 unspecified atom stereocenters. The second kappa shape index (κ2) is 12.0. The van der Waals surface area contributed by atoms with Gasteiger partial charge in [0.1, 0.15) is 12.4 Å². The molecule has 0 fully saturated rings. The molecule has 0 saturated carbocycles. The summed E-state index contributed by atoms with van der Waals surface area (Å²) in [5, 5.41) is 2.77. The number of carbonyl (C=O) groups excluding carboxylic acids is 1. The molecule has 31 heavy (non-hydrogen) atoms. The number of amides is 1. The molecule has 0 bridgehead atoms. The highest BCUT2D eigenvalue weighted by Gasteiger charge is 2.22. The summed E-state index contributed by atoms with van der Waals surface area (Å²) in [6.45, 7) is 10.8. The Morgan fingerprint density at radius 1 is 1.03 bits per heavy atom. The fourth-order valence-electron chi connectivity index (χ4n) is 2.75. The lowest BCUT2D eigenvalue weighted by Gasteiger charge is -2.19. The Kier molecular flexibility index (Phi) is 9.45. The van der Waals surface area contributed by atoms with Gasteiger partial charge in [-0.1, -0.05) is 24.3 Å². The highest BCUT2D eigenvalue weighted by Crippen LogP contribution is 2.22. The summed E-state index contributed by atoms with van der Waals surface area (Å²) in [6, 6.07) is 12.9. The number of benzene rings is 2. The zero-order chi connectivity index (χ0) is 22.7. The lowest BCUT2D eigenvalue weighted by molar-refractivity contribution is 0.0998. The number of hydrogen-bond donors (Lipinski definition) is 1. The summed E-state index contributed by atoms with van der Waals surface area (Å²) in [5.41, 5.74) is 0.839. The maximum atomic E-state index is 12.8. The molecule has 0 aromatic heterocycles. The van der Waals surface area contributed by atoms with Crippen LogP contribution in [-0.2, 0) is 14.8 Å². The third-order valence-corrected chi connectivity index (χ3v) is 6.08. The first-order chi connectivity index (χ1) is 14.9. The number of sulfonamides is 1. The molecule has 0 aliphatic carbocycles. The van der Waals surface area contributed by atoms with Crippen molar-refractivity contribution in [3.63, 3.8) is 0 Å². The van der Waals surface area contributed by atoms with E-state index in [0.29, 0.717) is 36.8 Å². The second-order valence-electron chi connectivity index (χ2n) is 6.42. The predicted octanol–water partition coefficient (Wildman–Crippen LogP) is 3.72. The fourth-order valence-corrected chi connectivity index (χ4v) is 4.13. The molecule has 2 aromatic carbocycles. The molecule has 166 valence electrons. The van der Waals surface area contributed by atoms with Crippen LogP contribution in [0.3, 0.4) is 0 Å². The van der Waals surface area contributed by atoms with Crippen molar-refractivity contribution in [1.82, 2.24) is 4.31 Å². The summed E-state index contributed by atoms with van der Waals surface area (Å²) in [5.74, 6) is 0.0888. The zero-order valence-corrected chi connectivity index (χ0v) is 18.4. The number of rotatable bonds is 13.